The van der Waals surface area contributed by atoms with Crippen LogP contribution in [0.15, 0.2) is 47.9 Å². The van der Waals surface area contributed by atoms with E-state index in [-0.39, 0.29) is 17.5 Å². The Bertz CT molecular complexity index is 1050. The molecule has 0 spiro atoms. The predicted molar refractivity (Wildman–Crippen MR) is 122 cm³/mol. The lowest BCUT2D eigenvalue weighted by atomic mass is 10.2. The van der Waals surface area contributed by atoms with Crippen LogP contribution >= 0.6 is 11.8 Å². The summed E-state index contributed by atoms with van der Waals surface area (Å²) >= 11 is 1.35. The van der Waals surface area contributed by atoms with Crippen molar-refractivity contribution in [3.63, 3.8) is 0 Å². The zero-order chi connectivity index (χ0) is 22.5. The molecule has 0 bridgehead atoms. The number of carbonyl (C=O) groups excluding carboxylic acids is 1. The quantitative estimate of drug-likeness (QED) is 0.507. The molecule has 4 rings (SSSR count). The van der Waals surface area contributed by atoms with E-state index in [1.807, 2.05) is 9.47 Å². The van der Waals surface area contributed by atoms with Gasteiger partial charge in [0.15, 0.2) is 11.0 Å². The second-order valence-electron chi connectivity index (χ2n) is 8.00. The maximum Gasteiger partial charge on any atom is 0.233 e. The van der Waals surface area contributed by atoms with Gasteiger partial charge in [-0.15, -0.1) is 10.2 Å². The number of thioether (sulfide) groups is 1. The highest BCUT2D eigenvalue weighted by molar-refractivity contribution is 7.99. The van der Waals surface area contributed by atoms with Crippen molar-refractivity contribution in [3.05, 3.63) is 48.5 Å². The van der Waals surface area contributed by atoms with Crippen LogP contribution in [0.5, 0.6) is 0 Å². The van der Waals surface area contributed by atoms with E-state index in [1.54, 1.807) is 36.7 Å². The number of anilines is 1. The average molecular weight is 456 g/mol. The highest BCUT2D eigenvalue weighted by Gasteiger charge is 2.24. The molecule has 168 valence electrons. The topological polar surface area (TPSA) is 80.0 Å². The molecule has 0 aliphatic carbocycles. The second-order valence-corrected chi connectivity index (χ2v) is 8.94. The molecule has 0 unspecified atom stereocenters. The van der Waals surface area contributed by atoms with Gasteiger partial charge in [-0.1, -0.05) is 37.7 Å². The molecule has 1 amide bonds. The van der Waals surface area contributed by atoms with Crippen LogP contribution in [0.4, 0.5) is 10.3 Å². The zero-order valence-electron chi connectivity index (χ0n) is 18.2. The molecule has 0 radical (unpaired) electrons. The highest BCUT2D eigenvalue weighted by Crippen LogP contribution is 2.27. The summed E-state index contributed by atoms with van der Waals surface area (Å²) in [6, 6.07) is 8.34. The van der Waals surface area contributed by atoms with Crippen LogP contribution < -0.4 is 4.90 Å². The van der Waals surface area contributed by atoms with E-state index < -0.39 is 0 Å². The summed E-state index contributed by atoms with van der Waals surface area (Å²) in [5.74, 6) is 1.47. The Morgan fingerprint density at radius 2 is 1.78 bits per heavy atom. The van der Waals surface area contributed by atoms with Crippen molar-refractivity contribution in [3.8, 4) is 11.4 Å². The summed E-state index contributed by atoms with van der Waals surface area (Å²) in [5, 5.41) is 9.14. The predicted octanol–water partition coefficient (Wildman–Crippen LogP) is 2.97. The molecule has 32 heavy (non-hydrogen) atoms. The third-order valence-corrected chi connectivity index (χ3v) is 6.12. The van der Waals surface area contributed by atoms with Crippen molar-refractivity contribution in [2.75, 3.05) is 36.8 Å². The molecule has 3 aromatic rings. The summed E-state index contributed by atoms with van der Waals surface area (Å²) in [6.07, 6.45) is 3.44. The van der Waals surface area contributed by atoms with Gasteiger partial charge in [-0.3, -0.25) is 4.79 Å². The lowest BCUT2D eigenvalue weighted by Crippen LogP contribution is -2.49. The van der Waals surface area contributed by atoms with E-state index in [4.69, 9.17) is 0 Å². The lowest BCUT2D eigenvalue weighted by Gasteiger charge is -2.34. The number of halogens is 1. The summed E-state index contributed by atoms with van der Waals surface area (Å²) in [5.41, 5.74) is 0.415. The van der Waals surface area contributed by atoms with Gasteiger partial charge < -0.3 is 14.4 Å². The smallest absolute Gasteiger partial charge is 0.233 e. The van der Waals surface area contributed by atoms with Gasteiger partial charge in [0.25, 0.3) is 0 Å². The first-order valence-corrected chi connectivity index (χ1v) is 11.6. The number of benzene rings is 1. The van der Waals surface area contributed by atoms with Crippen LogP contribution in [-0.2, 0) is 11.3 Å². The molecular formula is C22H26FN7OS. The Morgan fingerprint density at radius 3 is 2.47 bits per heavy atom. The van der Waals surface area contributed by atoms with Crippen LogP contribution in [-0.4, -0.2) is 67.5 Å². The fourth-order valence-electron chi connectivity index (χ4n) is 3.59. The van der Waals surface area contributed by atoms with E-state index in [9.17, 15) is 9.18 Å². The number of piperazine rings is 1. The molecule has 3 heterocycles. The van der Waals surface area contributed by atoms with Crippen molar-refractivity contribution in [1.29, 1.82) is 0 Å². The fraction of sp³-hybridized carbons (Fsp3) is 0.409. The van der Waals surface area contributed by atoms with E-state index in [0.717, 1.165) is 0 Å². The third-order valence-electron chi connectivity index (χ3n) is 5.17. The Labute approximate surface area is 190 Å². The molecule has 8 nitrogen and oxygen atoms in total. The van der Waals surface area contributed by atoms with Gasteiger partial charge in [0, 0.05) is 45.1 Å². The van der Waals surface area contributed by atoms with Crippen LogP contribution in [0.2, 0.25) is 0 Å². The average Bonchev–Trinajstić information content (AvgIpc) is 3.20. The Balaban J connectivity index is 1.40. The van der Waals surface area contributed by atoms with Crippen molar-refractivity contribution >= 4 is 23.6 Å². The number of rotatable bonds is 7. The van der Waals surface area contributed by atoms with E-state index in [1.165, 1.54) is 17.8 Å². The molecule has 0 saturated carbocycles. The molecule has 2 aromatic heterocycles. The number of nitrogens with zero attached hydrogens (tertiary/aromatic N) is 7. The number of hydrogen-bond acceptors (Lipinski definition) is 7. The number of carbonyl (C=O) groups is 1. The zero-order valence-corrected chi connectivity index (χ0v) is 19.0. The summed E-state index contributed by atoms with van der Waals surface area (Å²) < 4.78 is 16.3. The van der Waals surface area contributed by atoms with Crippen molar-refractivity contribution < 1.29 is 9.18 Å². The van der Waals surface area contributed by atoms with Crippen LogP contribution in [0, 0.1) is 11.7 Å². The van der Waals surface area contributed by atoms with Crippen LogP contribution in [0.1, 0.15) is 13.8 Å². The first-order valence-electron chi connectivity index (χ1n) is 10.6. The molecule has 1 aromatic carbocycles. The van der Waals surface area contributed by atoms with Crippen LogP contribution in [0.25, 0.3) is 11.4 Å². The molecule has 1 fully saturated rings. The highest BCUT2D eigenvalue weighted by atomic mass is 32.2. The van der Waals surface area contributed by atoms with Gasteiger partial charge in [0.1, 0.15) is 5.82 Å². The maximum absolute atomic E-state index is 14.4. The Kier molecular flexibility index (Phi) is 6.99. The summed E-state index contributed by atoms with van der Waals surface area (Å²) in [7, 11) is 0. The Morgan fingerprint density at radius 1 is 1.06 bits per heavy atom. The first-order chi connectivity index (χ1) is 15.5. The van der Waals surface area contributed by atoms with Gasteiger partial charge >= 0.3 is 0 Å². The molecule has 1 aliphatic rings. The minimum Gasteiger partial charge on any atom is -0.338 e. The number of aromatic nitrogens is 5. The standard InChI is InChI=1S/C22H26FN7OS/c1-16(2)14-30-20(17-6-3-4-7-18(17)23)26-27-22(30)32-15-19(31)28-10-12-29(13-11-28)21-24-8-5-9-25-21/h3-9,16H,10-15H2,1-2H3. The van der Waals surface area contributed by atoms with E-state index in [2.05, 4.69) is 38.9 Å². The second kappa shape index (κ2) is 10.1. The van der Waals surface area contributed by atoms with Crippen molar-refractivity contribution in [2.24, 2.45) is 5.92 Å². The molecule has 1 saturated heterocycles. The molecular weight excluding hydrogens is 429 g/mol. The molecule has 0 N–H and O–H groups in total. The number of amides is 1. The van der Waals surface area contributed by atoms with Gasteiger partial charge in [-0.05, 0) is 24.1 Å². The van der Waals surface area contributed by atoms with Gasteiger partial charge in [0.2, 0.25) is 11.9 Å². The van der Waals surface area contributed by atoms with E-state index >= 15 is 0 Å². The van der Waals surface area contributed by atoms with Gasteiger partial charge in [-0.2, -0.15) is 0 Å². The normalized spacial score (nSPS) is 14.2. The summed E-state index contributed by atoms with van der Waals surface area (Å²) in [6.45, 7) is 7.45. The number of hydrogen-bond donors (Lipinski definition) is 0. The van der Waals surface area contributed by atoms with Gasteiger partial charge in [0.05, 0.1) is 11.3 Å². The van der Waals surface area contributed by atoms with Crippen molar-refractivity contribution in [1.82, 2.24) is 29.6 Å². The fourth-order valence-corrected chi connectivity index (χ4v) is 4.45. The molecule has 0 atom stereocenters. The minimum atomic E-state index is -0.335. The largest absolute Gasteiger partial charge is 0.338 e. The molecule has 1 aliphatic heterocycles. The first kappa shape index (κ1) is 22.2. The van der Waals surface area contributed by atoms with Crippen LogP contribution in [0.3, 0.4) is 0 Å². The van der Waals surface area contributed by atoms with E-state index in [0.29, 0.717) is 61.1 Å². The Hall–Kier alpha value is -3.01. The SMILES string of the molecule is CC(C)Cn1c(SCC(=O)N2CCN(c3ncccn3)CC2)nnc1-c1ccccc1F. The maximum atomic E-state index is 14.4. The summed E-state index contributed by atoms with van der Waals surface area (Å²) in [4.78, 5) is 25.3. The lowest BCUT2D eigenvalue weighted by molar-refractivity contribution is -0.128. The van der Waals surface area contributed by atoms with Crippen molar-refractivity contribution in [2.45, 2.75) is 25.5 Å². The molecule has 10 heteroatoms. The third kappa shape index (κ3) is 5.07. The van der Waals surface area contributed by atoms with Gasteiger partial charge in [-0.25, -0.2) is 14.4 Å². The minimum absolute atomic E-state index is 0.0511. The monoisotopic (exact) mass is 455 g/mol.